The van der Waals surface area contributed by atoms with E-state index >= 15 is 0 Å². The van der Waals surface area contributed by atoms with E-state index in [0.29, 0.717) is 6.04 Å². The van der Waals surface area contributed by atoms with Gasteiger partial charge in [0, 0.05) is 31.2 Å². The molecule has 3 heterocycles. The van der Waals surface area contributed by atoms with Crippen LogP contribution >= 0.6 is 0 Å². The fourth-order valence-corrected chi connectivity index (χ4v) is 3.02. The molecule has 0 amide bonds. The van der Waals surface area contributed by atoms with E-state index in [2.05, 4.69) is 39.1 Å². The first-order valence-electron chi connectivity index (χ1n) is 7.47. The molecule has 1 saturated heterocycles. The van der Waals surface area contributed by atoms with Crippen LogP contribution in [-0.2, 0) is 6.54 Å². The van der Waals surface area contributed by atoms with E-state index in [1.807, 2.05) is 24.7 Å². The maximum atomic E-state index is 4.48. The van der Waals surface area contributed by atoms with E-state index in [4.69, 9.17) is 0 Å². The molecule has 0 aromatic carbocycles. The molecule has 0 bridgehead atoms. The van der Waals surface area contributed by atoms with Gasteiger partial charge in [-0.2, -0.15) is 0 Å². The quantitative estimate of drug-likeness (QED) is 0.851. The second kappa shape index (κ2) is 6.62. The predicted octanol–water partition coefficient (Wildman–Crippen LogP) is 3.59. The summed E-state index contributed by atoms with van der Waals surface area (Å²) in [7, 11) is 0. The summed E-state index contributed by atoms with van der Waals surface area (Å²) in [5, 5.41) is 0. The van der Waals surface area contributed by atoms with Gasteiger partial charge in [0.25, 0.3) is 0 Å². The molecule has 3 rings (SSSR count). The van der Waals surface area contributed by atoms with E-state index in [1.54, 1.807) is 0 Å². The highest BCUT2D eigenvalue weighted by Crippen LogP contribution is 2.30. The zero-order chi connectivity index (χ0) is 13.6. The Kier molecular flexibility index (Phi) is 4.38. The van der Waals surface area contributed by atoms with Crippen molar-refractivity contribution in [2.24, 2.45) is 0 Å². The Morgan fingerprint density at radius 3 is 2.70 bits per heavy atom. The molecule has 1 unspecified atom stereocenters. The largest absolute Gasteiger partial charge is 0.291 e. The van der Waals surface area contributed by atoms with Crippen LogP contribution in [0.3, 0.4) is 0 Å². The number of hydrogen-bond acceptors (Lipinski definition) is 3. The predicted molar refractivity (Wildman–Crippen MR) is 80.1 cm³/mol. The summed E-state index contributed by atoms with van der Waals surface area (Å²) in [6, 6.07) is 11.0. The lowest BCUT2D eigenvalue weighted by atomic mass is 10.0. The van der Waals surface area contributed by atoms with Gasteiger partial charge in [-0.1, -0.05) is 18.9 Å². The molecule has 20 heavy (non-hydrogen) atoms. The first kappa shape index (κ1) is 13.3. The van der Waals surface area contributed by atoms with Crippen LogP contribution in [0.15, 0.2) is 48.9 Å². The lowest BCUT2D eigenvalue weighted by Crippen LogP contribution is -2.28. The van der Waals surface area contributed by atoms with Crippen molar-refractivity contribution in [3.05, 3.63) is 60.2 Å². The molecule has 1 atom stereocenters. The molecule has 0 radical (unpaired) electrons. The standard InChI is InChI=1S/C17H21N3/c1-2-7-17(15-8-11-18-12-9-15)20(13-5-1)14-16-6-3-4-10-19-16/h3-4,6,8-12,17H,1-2,5,7,13-14H2. The van der Waals surface area contributed by atoms with Crippen LogP contribution in [0.25, 0.3) is 0 Å². The summed E-state index contributed by atoms with van der Waals surface area (Å²) in [5.41, 5.74) is 2.55. The van der Waals surface area contributed by atoms with Crippen LogP contribution in [0, 0.1) is 0 Å². The maximum absolute atomic E-state index is 4.48. The molecular formula is C17H21N3. The number of rotatable bonds is 3. The van der Waals surface area contributed by atoms with Crippen molar-refractivity contribution < 1.29 is 0 Å². The summed E-state index contributed by atoms with van der Waals surface area (Å²) >= 11 is 0. The third-order valence-electron chi connectivity index (χ3n) is 4.05. The molecule has 104 valence electrons. The lowest BCUT2D eigenvalue weighted by Gasteiger charge is -2.30. The SMILES string of the molecule is c1ccc(CN2CCCCCC2c2ccncc2)nc1. The fourth-order valence-electron chi connectivity index (χ4n) is 3.02. The normalized spacial score (nSPS) is 20.5. The Morgan fingerprint density at radius 2 is 1.90 bits per heavy atom. The van der Waals surface area contributed by atoms with E-state index in [-0.39, 0.29) is 0 Å². The molecule has 1 aliphatic heterocycles. The zero-order valence-electron chi connectivity index (χ0n) is 11.8. The van der Waals surface area contributed by atoms with Gasteiger partial charge >= 0.3 is 0 Å². The molecule has 0 saturated carbocycles. The number of likely N-dealkylation sites (tertiary alicyclic amines) is 1. The van der Waals surface area contributed by atoms with Crippen molar-refractivity contribution >= 4 is 0 Å². The third-order valence-corrected chi connectivity index (χ3v) is 4.05. The topological polar surface area (TPSA) is 29.0 Å². The monoisotopic (exact) mass is 267 g/mol. The minimum absolute atomic E-state index is 0.502. The van der Waals surface area contributed by atoms with Crippen molar-refractivity contribution in [1.82, 2.24) is 14.9 Å². The van der Waals surface area contributed by atoms with Crippen LogP contribution in [0.5, 0.6) is 0 Å². The Balaban J connectivity index is 1.81. The van der Waals surface area contributed by atoms with Crippen molar-refractivity contribution in [2.75, 3.05) is 6.54 Å². The minimum Gasteiger partial charge on any atom is -0.291 e. The summed E-state index contributed by atoms with van der Waals surface area (Å²) in [4.78, 5) is 11.2. The highest BCUT2D eigenvalue weighted by Gasteiger charge is 2.22. The summed E-state index contributed by atoms with van der Waals surface area (Å²) < 4.78 is 0. The second-order valence-corrected chi connectivity index (χ2v) is 5.44. The van der Waals surface area contributed by atoms with Gasteiger partial charge in [-0.15, -0.1) is 0 Å². The molecule has 0 spiro atoms. The van der Waals surface area contributed by atoms with Gasteiger partial charge in [0.15, 0.2) is 0 Å². The van der Waals surface area contributed by atoms with E-state index in [1.165, 1.54) is 31.2 Å². The molecule has 0 N–H and O–H groups in total. The van der Waals surface area contributed by atoms with E-state index < -0.39 is 0 Å². The van der Waals surface area contributed by atoms with E-state index in [9.17, 15) is 0 Å². The van der Waals surface area contributed by atoms with Crippen LogP contribution < -0.4 is 0 Å². The smallest absolute Gasteiger partial charge is 0.0544 e. The van der Waals surface area contributed by atoms with Crippen molar-refractivity contribution in [1.29, 1.82) is 0 Å². The fraction of sp³-hybridized carbons (Fsp3) is 0.412. The molecule has 3 nitrogen and oxygen atoms in total. The van der Waals surface area contributed by atoms with E-state index in [0.717, 1.165) is 18.8 Å². The molecule has 1 aliphatic rings. The maximum Gasteiger partial charge on any atom is 0.0544 e. The number of nitrogens with zero attached hydrogens (tertiary/aromatic N) is 3. The summed E-state index contributed by atoms with van der Waals surface area (Å²) in [6.45, 7) is 2.09. The minimum atomic E-state index is 0.502. The summed E-state index contributed by atoms with van der Waals surface area (Å²) in [5.74, 6) is 0. The highest BCUT2D eigenvalue weighted by molar-refractivity contribution is 5.16. The van der Waals surface area contributed by atoms with Gasteiger partial charge in [-0.25, -0.2) is 0 Å². The molecular weight excluding hydrogens is 246 g/mol. The Morgan fingerprint density at radius 1 is 1.00 bits per heavy atom. The van der Waals surface area contributed by atoms with Gasteiger partial charge in [0.2, 0.25) is 0 Å². The van der Waals surface area contributed by atoms with Crippen molar-refractivity contribution in [2.45, 2.75) is 38.3 Å². The van der Waals surface area contributed by atoms with Gasteiger partial charge in [0.1, 0.15) is 0 Å². The first-order valence-corrected chi connectivity index (χ1v) is 7.47. The van der Waals surface area contributed by atoms with Gasteiger partial charge in [-0.3, -0.25) is 14.9 Å². The van der Waals surface area contributed by atoms with Crippen LogP contribution in [-0.4, -0.2) is 21.4 Å². The van der Waals surface area contributed by atoms with Gasteiger partial charge in [0.05, 0.1) is 5.69 Å². The molecule has 2 aromatic heterocycles. The van der Waals surface area contributed by atoms with Crippen LogP contribution in [0.1, 0.15) is 43.0 Å². The average molecular weight is 267 g/mol. The summed E-state index contributed by atoms with van der Waals surface area (Å²) in [6.07, 6.45) is 10.9. The van der Waals surface area contributed by atoms with Crippen molar-refractivity contribution in [3.8, 4) is 0 Å². The third kappa shape index (κ3) is 3.23. The highest BCUT2D eigenvalue weighted by atomic mass is 15.2. The first-order chi connectivity index (χ1) is 9.93. The Labute approximate surface area is 120 Å². The van der Waals surface area contributed by atoms with Crippen LogP contribution in [0.2, 0.25) is 0 Å². The van der Waals surface area contributed by atoms with Gasteiger partial charge < -0.3 is 0 Å². The van der Waals surface area contributed by atoms with Crippen LogP contribution in [0.4, 0.5) is 0 Å². The zero-order valence-corrected chi connectivity index (χ0v) is 11.8. The Bertz CT molecular complexity index is 512. The molecule has 2 aromatic rings. The average Bonchev–Trinajstić information content (AvgIpc) is 2.75. The Hall–Kier alpha value is -1.74. The molecule has 1 fully saturated rings. The lowest BCUT2D eigenvalue weighted by molar-refractivity contribution is 0.190. The number of aromatic nitrogens is 2. The number of pyridine rings is 2. The number of hydrogen-bond donors (Lipinski definition) is 0. The van der Waals surface area contributed by atoms with Crippen molar-refractivity contribution in [3.63, 3.8) is 0 Å². The van der Waals surface area contributed by atoms with Gasteiger partial charge in [-0.05, 0) is 49.2 Å². The molecule has 3 heteroatoms. The second-order valence-electron chi connectivity index (χ2n) is 5.44. The molecule has 0 aliphatic carbocycles.